The first-order valence-corrected chi connectivity index (χ1v) is 7.76. The number of carbonyl (C=O) groups excluding carboxylic acids is 1. The quantitative estimate of drug-likeness (QED) is 0.704. The number of thiazole rings is 1. The van der Waals surface area contributed by atoms with Gasteiger partial charge in [-0.05, 0) is 24.3 Å². The molecule has 0 saturated heterocycles. The van der Waals surface area contributed by atoms with Crippen molar-refractivity contribution in [3.05, 3.63) is 64.5 Å². The lowest BCUT2D eigenvalue weighted by Gasteiger charge is -2.03. The lowest BCUT2D eigenvalue weighted by atomic mass is 10.1. The first-order chi connectivity index (χ1) is 10.6. The predicted molar refractivity (Wildman–Crippen MR) is 91.4 cm³/mol. The summed E-state index contributed by atoms with van der Waals surface area (Å²) in [6.07, 6.45) is 0. The molecule has 0 aliphatic rings. The van der Waals surface area contributed by atoms with Crippen molar-refractivity contribution in [3.63, 3.8) is 0 Å². The fraction of sp³-hybridized carbons (Fsp3) is 0. The Morgan fingerprint density at radius 2 is 2.00 bits per heavy atom. The monoisotopic (exact) mass is 329 g/mol. The molecule has 1 amide bonds. The molecule has 0 unspecified atom stereocenters. The summed E-state index contributed by atoms with van der Waals surface area (Å²) in [4.78, 5) is 16.6. The van der Waals surface area contributed by atoms with Gasteiger partial charge in [-0.3, -0.25) is 10.1 Å². The zero-order valence-electron chi connectivity index (χ0n) is 11.4. The van der Waals surface area contributed by atoms with Crippen LogP contribution in [-0.4, -0.2) is 10.9 Å². The first-order valence-electron chi connectivity index (χ1n) is 6.51. The molecule has 0 bridgehead atoms. The molecule has 3 N–H and O–H groups in total. The van der Waals surface area contributed by atoms with Crippen molar-refractivity contribution < 1.29 is 4.79 Å². The number of hydrogen-bond donors (Lipinski definition) is 2. The number of hydrogen-bond acceptors (Lipinski definition) is 4. The summed E-state index contributed by atoms with van der Waals surface area (Å²) in [5, 5.41) is 5.55. The second-order valence-electron chi connectivity index (χ2n) is 4.60. The third-order valence-electron chi connectivity index (χ3n) is 3.03. The largest absolute Gasteiger partial charge is 0.399 e. The second kappa shape index (κ2) is 6.17. The fourth-order valence-corrected chi connectivity index (χ4v) is 2.91. The van der Waals surface area contributed by atoms with E-state index in [2.05, 4.69) is 10.3 Å². The number of aromatic nitrogens is 1. The van der Waals surface area contributed by atoms with Crippen LogP contribution in [0.25, 0.3) is 11.3 Å². The number of halogens is 1. The Morgan fingerprint density at radius 3 is 2.77 bits per heavy atom. The maximum atomic E-state index is 12.2. The summed E-state index contributed by atoms with van der Waals surface area (Å²) in [7, 11) is 0. The molecule has 0 atom stereocenters. The average Bonchev–Trinajstić information content (AvgIpc) is 2.96. The summed E-state index contributed by atoms with van der Waals surface area (Å²) < 4.78 is 0. The Balaban J connectivity index is 1.80. The van der Waals surface area contributed by atoms with E-state index < -0.39 is 0 Å². The average molecular weight is 330 g/mol. The Bertz CT molecular complexity index is 832. The predicted octanol–water partition coefficient (Wildman–Crippen LogP) is 4.30. The van der Waals surface area contributed by atoms with Gasteiger partial charge in [0.1, 0.15) is 0 Å². The summed E-state index contributed by atoms with van der Waals surface area (Å²) in [5.74, 6) is -0.279. The highest BCUT2D eigenvalue weighted by Gasteiger charge is 2.12. The van der Waals surface area contributed by atoms with E-state index in [4.69, 9.17) is 17.3 Å². The van der Waals surface area contributed by atoms with Crippen LogP contribution in [0.3, 0.4) is 0 Å². The van der Waals surface area contributed by atoms with E-state index >= 15 is 0 Å². The van der Waals surface area contributed by atoms with Crippen LogP contribution in [-0.2, 0) is 0 Å². The number of amides is 1. The molecule has 0 fully saturated rings. The number of nitrogen functional groups attached to an aromatic ring is 1. The van der Waals surface area contributed by atoms with Crippen molar-refractivity contribution in [2.24, 2.45) is 0 Å². The van der Waals surface area contributed by atoms with Gasteiger partial charge in [-0.15, -0.1) is 11.3 Å². The molecule has 4 nitrogen and oxygen atoms in total. The fourth-order valence-electron chi connectivity index (χ4n) is 1.97. The minimum Gasteiger partial charge on any atom is -0.399 e. The number of nitrogens with zero attached hydrogens (tertiary/aromatic N) is 1. The number of benzene rings is 2. The second-order valence-corrected chi connectivity index (χ2v) is 5.86. The maximum Gasteiger partial charge on any atom is 0.258 e. The Morgan fingerprint density at radius 1 is 1.18 bits per heavy atom. The van der Waals surface area contributed by atoms with Crippen LogP contribution in [0.5, 0.6) is 0 Å². The van der Waals surface area contributed by atoms with E-state index in [1.165, 1.54) is 11.3 Å². The highest BCUT2D eigenvalue weighted by molar-refractivity contribution is 7.14. The minimum absolute atomic E-state index is 0.279. The van der Waals surface area contributed by atoms with E-state index in [0.717, 1.165) is 11.3 Å². The van der Waals surface area contributed by atoms with Crippen LogP contribution in [0.15, 0.2) is 53.9 Å². The van der Waals surface area contributed by atoms with Crippen LogP contribution in [0.1, 0.15) is 10.4 Å². The smallest absolute Gasteiger partial charge is 0.258 e. The highest BCUT2D eigenvalue weighted by atomic mass is 35.5. The van der Waals surface area contributed by atoms with Gasteiger partial charge in [0.25, 0.3) is 5.91 Å². The van der Waals surface area contributed by atoms with Gasteiger partial charge in [-0.2, -0.15) is 0 Å². The van der Waals surface area contributed by atoms with Gasteiger partial charge < -0.3 is 5.73 Å². The van der Waals surface area contributed by atoms with Gasteiger partial charge >= 0.3 is 0 Å². The molecule has 1 heterocycles. The van der Waals surface area contributed by atoms with Gasteiger partial charge in [-0.25, -0.2) is 4.98 Å². The third kappa shape index (κ3) is 3.10. The molecule has 3 aromatic rings. The Kier molecular flexibility index (Phi) is 4.09. The molecular formula is C16H12ClN3OS. The van der Waals surface area contributed by atoms with E-state index in [9.17, 15) is 4.79 Å². The lowest BCUT2D eigenvalue weighted by molar-refractivity contribution is 0.102. The molecule has 1 aromatic heterocycles. The van der Waals surface area contributed by atoms with Crippen LogP contribution >= 0.6 is 22.9 Å². The van der Waals surface area contributed by atoms with Crippen molar-refractivity contribution in [3.8, 4) is 11.3 Å². The van der Waals surface area contributed by atoms with Crippen LogP contribution < -0.4 is 11.1 Å². The summed E-state index contributed by atoms with van der Waals surface area (Å²) in [6, 6.07) is 14.3. The van der Waals surface area contributed by atoms with Crippen molar-refractivity contribution in [2.75, 3.05) is 11.1 Å². The van der Waals surface area contributed by atoms with E-state index in [1.54, 1.807) is 24.3 Å². The van der Waals surface area contributed by atoms with Gasteiger partial charge in [-0.1, -0.05) is 35.9 Å². The number of nitrogens with one attached hydrogen (secondary N) is 1. The van der Waals surface area contributed by atoms with Crippen molar-refractivity contribution in [1.82, 2.24) is 4.98 Å². The van der Waals surface area contributed by atoms with Crippen molar-refractivity contribution >= 4 is 39.7 Å². The molecule has 0 radical (unpaired) electrons. The van der Waals surface area contributed by atoms with Crippen LogP contribution in [0.4, 0.5) is 10.8 Å². The minimum atomic E-state index is -0.279. The SMILES string of the molecule is Nc1cccc(-c2csc(NC(=O)c3ccccc3Cl)n2)c1. The van der Waals surface area contributed by atoms with Crippen molar-refractivity contribution in [1.29, 1.82) is 0 Å². The standard InChI is InChI=1S/C16H12ClN3OS/c17-13-7-2-1-6-12(13)15(21)20-16-19-14(9-22-16)10-4-3-5-11(18)8-10/h1-9H,18H2,(H,19,20,21). The Labute approximate surface area is 136 Å². The van der Waals surface area contributed by atoms with Gasteiger partial charge in [0.05, 0.1) is 16.3 Å². The zero-order chi connectivity index (χ0) is 15.5. The first kappa shape index (κ1) is 14.6. The number of rotatable bonds is 3. The van der Waals surface area contributed by atoms with E-state index in [1.807, 2.05) is 29.6 Å². The molecule has 110 valence electrons. The highest BCUT2D eigenvalue weighted by Crippen LogP contribution is 2.26. The zero-order valence-corrected chi connectivity index (χ0v) is 13.0. The maximum absolute atomic E-state index is 12.2. The van der Waals surface area contributed by atoms with Crippen LogP contribution in [0.2, 0.25) is 5.02 Å². The molecule has 6 heteroatoms. The number of carbonyl (C=O) groups is 1. The van der Waals surface area contributed by atoms with E-state index in [0.29, 0.717) is 21.4 Å². The van der Waals surface area contributed by atoms with Crippen LogP contribution in [0, 0.1) is 0 Å². The van der Waals surface area contributed by atoms with Crippen molar-refractivity contribution in [2.45, 2.75) is 0 Å². The molecule has 0 aliphatic carbocycles. The number of anilines is 2. The lowest BCUT2D eigenvalue weighted by Crippen LogP contribution is -2.12. The Hall–Kier alpha value is -2.37. The summed E-state index contributed by atoms with van der Waals surface area (Å²) >= 11 is 7.36. The molecule has 22 heavy (non-hydrogen) atoms. The molecular weight excluding hydrogens is 318 g/mol. The number of nitrogens with two attached hydrogens (primary N) is 1. The summed E-state index contributed by atoms with van der Waals surface area (Å²) in [6.45, 7) is 0. The third-order valence-corrected chi connectivity index (χ3v) is 4.11. The molecule has 0 spiro atoms. The molecule has 2 aromatic carbocycles. The normalized spacial score (nSPS) is 10.4. The van der Waals surface area contributed by atoms with Gasteiger partial charge in [0.15, 0.2) is 5.13 Å². The van der Waals surface area contributed by atoms with Gasteiger partial charge in [0, 0.05) is 16.6 Å². The summed E-state index contributed by atoms with van der Waals surface area (Å²) in [5.41, 5.74) is 8.54. The van der Waals surface area contributed by atoms with Gasteiger partial charge in [0.2, 0.25) is 0 Å². The molecule has 3 rings (SSSR count). The molecule has 0 saturated carbocycles. The topological polar surface area (TPSA) is 68.0 Å². The van der Waals surface area contributed by atoms with E-state index in [-0.39, 0.29) is 5.91 Å². The molecule has 0 aliphatic heterocycles.